The Balaban J connectivity index is -0.0000000965. The van der Waals surface area contributed by atoms with E-state index in [0.29, 0.717) is 0 Å². The van der Waals surface area contributed by atoms with Crippen molar-refractivity contribution in [1.82, 2.24) is 0 Å². The third-order valence-corrected chi connectivity index (χ3v) is 0. The van der Waals surface area contributed by atoms with Gasteiger partial charge in [-0.25, -0.2) is 8.42 Å². The van der Waals surface area contributed by atoms with Gasteiger partial charge < -0.3 is 5.73 Å². The number of nitrogens with two attached hydrogens (primary N) is 1. The van der Waals surface area contributed by atoms with Crippen molar-refractivity contribution in [3.05, 3.63) is 10.1 Å². The quantitative estimate of drug-likeness (QED) is 0.332. The maximum atomic E-state index is 9.40. The monoisotopic (exact) mass is 206 g/mol. The highest BCUT2D eigenvalue weighted by Gasteiger charge is 1.83. The van der Waals surface area contributed by atoms with E-state index < -0.39 is 14.0 Å². The fourth-order valence-corrected chi connectivity index (χ4v) is 0. The van der Waals surface area contributed by atoms with Crippen LogP contribution in [0.1, 0.15) is 0 Å². The van der Waals surface area contributed by atoms with Gasteiger partial charge in [0, 0.05) is 15.6 Å². The number of hydrogen-bond donors (Lipinski definition) is 1. The summed E-state index contributed by atoms with van der Waals surface area (Å²) >= 11 is 0. The lowest BCUT2D eigenvalue weighted by Crippen LogP contribution is -1.79. The molecule has 11 heavy (non-hydrogen) atoms. The fourth-order valence-electron chi connectivity index (χ4n) is 0. The highest BCUT2D eigenvalue weighted by molar-refractivity contribution is 8.13. The first kappa shape index (κ1) is 16.9. The summed E-state index contributed by atoms with van der Waals surface area (Å²) in [5, 5.41) is 8.81. The van der Waals surface area contributed by atoms with Crippen LogP contribution in [0.4, 0.5) is 0 Å². The third kappa shape index (κ3) is 3470. The molecular weight excluding hydrogens is 196 g/mol. The van der Waals surface area contributed by atoms with Gasteiger partial charge in [-0.3, -0.25) is 10.1 Å². The second kappa shape index (κ2) is 9.60. The van der Waals surface area contributed by atoms with Crippen LogP contribution < -0.4 is 5.73 Å². The Morgan fingerprint density at radius 3 is 1.45 bits per heavy atom. The Kier molecular flexibility index (Phi) is 14.8. The van der Waals surface area contributed by atoms with Gasteiger partial charge in [0.05, 0.1) is 6.26 Å². The van der Waals surface area contributed by atoms with Crippen molar-refractivity contribution in [1.29, 1.82) is 0 Å². The predicted octanol–water partition coefficient (Wildman–Crippen LogP) is -0.347. The number of hydrogen-bond acceptors (Lipinski definition) is 5. The van der Waals surface area contributed by atoms with E-state index in [-0.39, 0.29) is 0 Å². The molecule has 0 saturated heterocycles. The Labute approximate surface area is 69.9 Å². The van der Waals surface area contributed by atoms with Gasteiger partial charge >= 0.3 is 0 Å². The van der Waals surface area contributed by atoms with Crippen molar-refractivity contribution < 1.29 is 13.3 Å². The van der Waals surface area contributed by atoms with Gasteiger partial charge in [0.2, 0.25) is 9.05 Å². The summed E-state index contributed by atoms with van der Waals surface area (Å²) in [5.41, 5.74) is 4.50. The van der Waals surface area contributed by atoms with E-state index in [0.717, 1.165) is 13.3 Å². The molecule has 0 unspecified atom stereocenters. The molecule has 0 bridgehead atoms. The van der Waals surface area contributed by atoms with Crippen LogP contribution in [0.5, 0.6) is 0 Å². The van der Waals surface area contributed by atoms with Crippen molar-refractivity contribution in [2.75, 3.05) is 20.4 Å². The molecule has 0 amide bonds. The summed E-state index contributed by atoms with van der Waals surface area (Å²) in [7, 11) is 3.70. The van der Waals surface area contributed by atoms with Crippen LogP contribution in [0.15, 0.2) is 0 Å². The summed E-state index contributed by atoms with van der Waals surface area (Å²) in [4.78, 5) is 8.31. The van der Waals surface area contributed by atoms with Crippen LogP contribution >= 0.6 is 10.7 Å². The van der Waals surface area contributed by atoms with Crippen molar-refractivity contribution >= 4 is 19.7 Å². The minimum Gasteiger partial charge on any atom is -0.333 e. The third-order valence-electron chi connectivity index (χ3n) is 0. The van der Waals surface area contributed by atoms with Gasteiger partial charge in [-0.05, 0) is 7.05 Å². The lowest BCUT2D eigenvalue weighted by Gasteiger charge is -1.65. The smallest absolute Gasteiger partial charge is 0.229 e. The Hall–Kier alpha value is -0.400. The van der Waals surface area contributed by atoms with Gasteiger partial charge in [-0.1, -0.05) is 0 Å². The molecule has 0 radical (unpaired) electrons. The molecule has 0 fully saturated rings. The van der Waals surface area contributed by atoms with E-state index in [4.69, 9.17) is 10.1 Å². The molecule has 0 rings (SSSR count). The first-order valence-electron chi connectivity index (χ1n) is 2.29. The largest absolute Gasteiger partial charge is 0.333 e. The van der Waals surface area contributed by atoms with Gasteiger partial charge in [0.25, 0.3) is 0 Å². The molecule has 0 saturated carbocycles. The molecule has 0 aromatic rings. The molecule has 0 aliphatic rings. The number of rotatable bonds is 0. The molecule has 0 aromatic heterocycles. The highest BCUT2D eigenvalue weighted by Crippen LogP contribution is 1.83. The fraction of sp³-hybridized carbons (Fsp3) is 1.00. The van der Waals surface area contributed by atoms with E-state index >= 15 is 0 Å². The van der Waals surface area contributed by atoms with Crippen LogP contribution in [0, 0.1) is 10.1 Å². The molecule has 0 aromatic carbocycles. The van der Waals surface area contributed by atoms with Crippen molar-refractivity contribution in [2.24, 2.45) is 5.73 Å². The summed E-state index contributed by atoms with van der Waals surface area (Å²) in [6.45, 7) is 0. The van der Waals surface area contributed by atoms with Crippen LogP contribution in [0.25, 0.3) is 0 Å². The Morgan fingerprint density at radius 2 is 1.45 bits per heavy atom. The van der Waals surface area contributed by atoms with E-state index in [2.05, 4.69) is 16.4 Å². The van der Waals surface area contributed by atoms with Gasteiger partial charge in [0.15, 0.2) is 7.05 Å². The van der Waals surface area contributed by atoms with E-state index in [1.165, 1.54) is 7.05 Å². The Bertz CT molecular complexity index is 166. The molecule has 0 spiro atoms. The van der Waals surface area contributed by atoms with E-state index in [1.54, 1.807) is 0 Å². The molecule has 0 aliphatic carbocycles. The Morgan fingerprint density at radius 1 is 1.45 bits per heavy atom. The second-order valence-corrected chi connectivity index (χ2v) is 4.17. The summed E-state index contributed by atoms with van der Waals surface area (Å²) in [6, 6.07) is 0. The molecule has 0 atom stereocenters. The molecule has 2 N–H and O–H groups in total. The molecule has 0 aliphatic heterocycles. The minimum atomic E-state index is -3.19. The van der Waals surface area contributed by atoms with Gasteiger partial charge in [-0.15, -0.1) is 0 Å². The van der Waals surface area contributed by atoms with E-state index in [9.17, 15) is 8.42 Å². The molecular formula is C3H11ClN2O4S. The lowest BCUT2D eigenvalue weighted by atomic mass is 11.5. The predicted molar refractivity (Wildman–Crippen MR) is 43.7 cm³/mol. The van der Waals surface area contributed by atoms with Crippen molar-refractivity contribution in [3.8, 4) is 0 Å². The van der Waals surface area contributed by atoms with Crippen LogP contribution in [-0.4, -0.2) is 33.7 Å². The zero-order chi connectivity index (χ0) is 10.1. The summed E-state index contributed by atoms with van der Waals surface area (Å²) in [5.74, 6) is 0. The van der Waals surface area contributed by atoms with Crippen molar-refractivity contribution in [2.45, 2.75) is 0 Å². The van der Waals surface area contributed by atoms with Gasteiger partial charge in [-0.2, -0.15) is 0 Å². The number of halogens is 1. The van der Waals surface area contributed by atoms with Crippen LogP contribution in [0.3, 0.4) is 0 Å². The van der Waals surface area contributed by atoms with Crippen molar-refractivity contribution in [3.63, 3.8) is 0 Å². The first-order valence-corrected chi connectivity index (χ1v) is 5.00. The van der Waals surface area contributed by atoms with Crippen LogP contribution in [-0.2, 0) is 9.05 Å². The lowest BCUT2D eigenvalue weighted by molar-refractivity contribution is -0.445. The zero-order valence-corrected chi connectivity index (χ0v) is 8.02. The molecule has 70 valence electrons. The van der Waals surface area contributed by atoms with Gasteiger partial charge in [0.1, 0.15) is 0 Å². The standard InChI is InChI=1S/CH3ClO2S.CH3NO2.CH5N/c1-5(2,3)4;1-2(3)4;1-2/h1H3;1H3;2H2,1H3. The molecule has 0 heterocycles. The summed E-state index contributed by atoms with van der Waals surface area (Å²) < 4.78 is 18.8. The zero-order valence-electron chi connectivity index (χ0n) is 6.44. The molecule has 8 heteroatoms. The minimum absolute atomic E-state index is 0.500. The maximum Gasteiger partial charge on any atom is 0.229 e. The average Bonchev–Trinajstić information content (AvgIpc) is 1.63. The van der Waals surface area contributed by atoms with Crippen LogP contribution in [0.2, 0.25) is 0 Å². The topological polar surface area (TPSA) is 103 Å². The molecule has 6 nitrogen and oxygen atoms in total. The first-order chi connectivity index (χ1) is 4.73. The average molecular weight is 207 g/mol. The summed E-state index contributed by atoms with van der Waals surface area (Å²) in [6.07, 6.45) is 0.925. The van der Waals surface area contributed by atoms with E-state index in [1.807, 2.05) is 0 Å². The maximum absolute atomic E-state index is 9.40. The number of nitro groups is 1. The normalized spacial score (nSPS) is 8.09. The second-order valence-electron chi connectivity index (χ2n) is 1.12. The SMILES string of the molecule is CN.CS(=O)(=O)Cl.C[N+](=O)[O-]. The number of nitrogens with zero attached hydrogens (tertiary/aromatic N) is 1. The highest BCUT2D eigenvalue weighted by atomic mass is 35.7.